The summed E-state index contributed by atoms with van der Waals surface area (Å²) in [5.41, 5.74) is 13.0. The molecule has 0 saturated carbocycles. The van der Waals surface area contributed by atoms with Gasteiger partial charge in [-0.15, -0.1) is 0 Å². The zero-order chi connectivity index (χ0) is 26.0. The van der Waals surface area contributed by atoms with Gasteiger partial charge in [0, 0.05) is 17.0 Å². The van der Waals surface area contributed by atoms with Crippen molar-refractivity contribution in [1.82, 2.24) is 4.57 Å². The molecular weight excluding hydrogens is 463 g/mol. The zero-order valence-corrected chi connectivity index (χ0v) is 21.7. The number of benzene rings is 2. The van der Waals surface area contributed by atoms with Crippen LogP contribution in [-0.4, -0.2) is 18.5 Å². The highest BCUT2D eigenvalue weighted by atomic mass is 15.1. The number of nitriles is 2. The molecular formula is C33H27BN4. The highest BCUT2D eigenvalue weighted by molar-refractivity contribution is 6.23. The Morgan fingerprint density at radius 1 is 1.00 bits per heavy atom. The highest BCUT2D eigenvalue weighted by Crippen LogP contribution is 2.47. The summed E-state index contributed by atoms with van der Waals surface area (Å²) in [6, 6.07) is 15.0. The largest absolute Gasteiger partial charge is 0.376 e. The summed E-state index contributed by atoms with van der Waals surface area (Å²) in [6.45, 7) is 2.13. The van der Waals surface area contributed by atoms with Crippen molar-refractivity contribution < 1.29 is 0 Å². The van der Waals surface area contributed by atoms with Crippen molar-refractivity contribution in [2.75, 3.05) is 5.32 Å². The number of allylic oxidation sites excluding steroid dienone is 5. The molecule has 3 aromatic rings. The first-order valence-corrected chi connectivity index (χ1v) is 13.4. The molecule has 5 heteroatoms. The van der Waals surface area contributed by atoms with E-state index in [1.165, 1.54) is 38.7 Å². The maximum absolute atomic E-state index is 9.96. The quantitative estimate of drug-likeness (QED) is 0.448. The van der Waals surface area contributed by atoms with E-state index in [2.05, 4.69) is 91.4 Å². The molecule has 2 bridgehead atoms. The smallest absolute Gasteiger partial charge is 0.138 e. The van der Waals surface area contributed by atoms with E-state index in [1.54, 1.807) is 0 Å². The summed E-state index contributed by atoms with van der Waals surface area (Å²) in [4.78, 5) is 0. The third-order valence-electron chi connectivity index (χ3n) is 8.47. The van der Waals surface area contributed by atoms with Crippen molar-refractivity contribution in [3.05, 3.63) is 111 Å². The van der Waals surface area contributed by atoms with Crippen LogP contribution >= 0.6 is 0 Å². The summed E-state index contributed by atoms with van der Waals surface area (Å²) in [5, 5.41) is 25.0. The monoisotopic (exact) mass is 490 g/mol. The number of anilines is 1. The van der Waals surface area contributed by atoms with Gasteiger partial charge in [-0.3, -0.25) is 0 Å². The van der Waals surface area contributed by atoms with Crippen molar-refractivity contribution in [3.8, 4) is 17.8 Å². The molecule has 2 unspecified atom stereocenters. The number of nitrogens with one attached hydrogen (secondary N) is 1. The average Bonchev–Trinajstić information content (AvgIpc) is 3.35. The average molecular weight is 490 g/mol. The lowest BCUT2D eigenvalue weighted by Gasteiger charge is -2.28. The molecule has 0 saturated heterocycles. The fraction of sp³-hybridized carbons (Fsp3) is 0.212. The van der Waals surface area contributed by atoms with Gasteiger partial charge in [0.1, 0.15) is 20.0 Å². The number of nitrogens with zero attached hydrogens (tertiary/aromatic N) is 3. The van der Waals surface area contributed by atoms with E-state index in [0.29, 0.717) is 11.1 Å². The van der Waals surface area contributed by atoms with Crippen LogP contribution in [0.15, 0.2) is 82.9 Å². The van der Waals surface area contributed by atoms with Crippen LogP contribution in [0.2, 0.25) is 0 Å². The molecule has 0 spiro atoms. The molecule has 0 fully saturated rings. The van der Waals surface area contributed by atoms with Crippen LogP contribution in [0.1, 0.15) is 47.2 Å². The van der Waals surface area contributed by atoms with E-state index in [0.717, 1.165) is 48.3 Å². The molecule has 7 rings (SSSR count). The van der Waals surface area contributed by atoms with Crippen LogP contribution in [0, 0.1) is 35.5 Å². The van der Waals surface area contributed by atoms with Crippen molar-refractivity contribution in [1.29, 1.82) is 10.5 Å². The number of hydrogen-bond donors (Lipinski definition) is 1. The van der Waals surface area contributed by atoms with Gasteiger partial charge in [-0.2, -0.15) is 10.5 Å². The third-order valence-corrected chi connectivity index (χ3v) is 8.47. The standard InChI is InChI=1S/C33H27BN4/c1-19-10-11-31-26(12-19)25-8-4-5-9-30(25)38(31)32-14-21(18-36)20(17-35)13-29(32)37-33-27-15-22(34)16-28(33)24-7-3-2-6-23(24)27/h2,5-6,9-16,27,33,37H,3-4,7-8,34H2,1H3. The molecule has 0 aliphatic heterocycles. The second-order valence-corrected chi connectivity index (χ2v) is 10.8. The highest BCUT2D eigenvalue weighted by Gasteiger charge is 2.39. The Kier molecular flexibility index (Phi) is 5.10. The Balaban J connectivity index is 1.44. The normalized spacial score (nSPS) is 20.9. The predicted octanol–water partition coefficient (Wildman–Crippen LogP) is 6.16. The van der Waals surface area contributed by atoms with Crippen molar-refractivity contribution >= 4 is 30.5 Å². The molecule has 4 aliphatic rings. The lowest BCUT2D eigenvalue weighted by atomic mass is 9.81. The first-order chi connectivity index (χ1) is 18.6. The first-order valence-electron chi connectivity index (χ1n) is 13.4. The molecule has 4 nitrogen and oxygen atoms in total. The van der Waals surface area contributed by atoms with Gasteiger partial charge in [-0.25, -0.2) is 0 Å². The van der Waals surface area contributed by atoms with Gasteiger partial charge in [-0.05, 0) is 85.2 Å². The Hall–Kier alpha value is -4.48. The zero-order valence-electron chi connectivity index (χ0n) is 21.7. The molecule has 0 amide bonds. The van der Waals surface area contributed by atoms with Crippen molar-refractivity contribution in [3.63, 3.8) is 0 Å². The fourth-order valence-corrected chi connectivity index (χ4v) is 6.82. The molecule has 38 heavy (non-hydrogen) atoms. The number of rotatable bonds is 3. The van der Waals surface area contributed by atoms with E-state index in [4.69, 9.17) is 0 Å². The van der Waals surface area contributed by atoms with Gasteiger partial charge in [0.2, 0.25) is 0 Å². The maximum atomic E-state index is 9.96. The van der Waals surface area contributed by atoms with Gasteiger partial charge in [0.25, 0.3) is 0 Å². The van der Waals surface area contributed by atoms with Crippen LogP contribution in [0.5, 0.6) is 0 Å². The minimum absolute atomic E-state index is 0.0973. The van der Waals surface area contributed by atoms with E-state index in [-0.39, 0.29) is 12.0 Å². The van der Waals surface area contributed by atoms with Gasteiger partial charge in [-0.1, -0.05) is 47.5 Å². The third kappa shape index (κ3) is 3.29. The first kappa shape index (κ1) is 22.7. The molecule has 182 valence electrons. The van der Waals surface area contributed by atoms with Gasteiger partial charge in [0.15, 0.2) is 0 Å². The van der Waals surface area contributed by atoms with E-state index < -0.39 is 0 Å². The van der Waals surface area contributed by atoms with Gasteiger partial charge in [0.05, 0.1) is 34.1 Å². The lowest BCUT2D eigenvalue weighted by molar-refractivity contribution is 0.711. The summed E-state index contributed by atoms with van der Waals surface area (Å²) < 4.78 is 2.29. The van der Waals surface area contributed by atoms with Crippen molar-refractivity contribution in [2.24, 2.45) is 5.92 Å². The van der Waals surface area contributed by atoms with Crippen LogP contribution in [-0.2, 0) is 6.42 Å². The van der Waals surface area contributed by atoms with E-state index >= 15 is 0 Å². The molecule has 4 aliphatic carbocycles. The summed E-state index contributed by atoms with van der Waals surface area (Å²) in [7, 11) is 2.18. The van der Waals surface area contributed by atoms with Crippen molar-refractivity contribution in [2.45, 2.75) is 38.6 Å². The fourth-order valence-electron chi connectivity index (χ4n) is 6.82. The number of hydrogen-bond acceptors (Lipinski definition) is 3. The molecule has 1 heterocycles. The lowest BCUT2D eigenvalue weighted by Crippen LogP contribution is -2.29. The molecule has 1 aromatic heterocycles. The van der Waals surface area contributed by atoms with E-state index in [9.17, 15) is 10.5 Å². The molecule has 0 radical (unpaired) electrons. The van der Waals surface area contributed by atoms with Crippen LogP contribution in [0.4, 0.5) is 5.69 Å². The summed E-state index contributed by atoms with van der Waals surface area (Å²) in [6.07, 6.45) is 17.9. The second-order valence-electron chi connectivity index (χ2n) is 10.8. The number of fused-ring (bicyclic) bond motifs is 7. The van der Waals surface area contributed by atoms with E-state index in [1.807, 2.05) is 12.1 Å². The molecule has 1 N–H and O–H groups in total. The van der Waals surface area contributed by atoms with Crippen LogP contribution in [0.25, 0.3) is 22.7 Å². The molecule has 2 atom stereocenters. The molecule has 2 aromatic carbocycles. The topological polar surface area (TPSA) is 64.5 Å². The Morgan fingerprint density at radius 2 is 1.79 bits per heavy atom. The van der Waals surface area contributed by atoms with Crippen LogP contribution < -0.4 is 5.32 Å². The SMILES string of the molecule is BC1=CC2C3=C(CCC=C3)C(=C1)C2Nc1cc(C#N)c(C#N)cc1-n1c2c(c3cc(C)ccc31)CCC=C2. The Bertz CT molecular complexity index is 1790. The van der Waals surface area contributed by atoms with Gasteiger partial charge >= 0.3 is 0 Å². The van der Waals surface area contributed by atoms with Crippen LogP contribution in [0.3, 0.4) is 0 Å². The Labute approximate surface area is 224 Å². The van der Waals surface area contributed by atoms with Gasteiger partial charge < -0.3 is 9.88 Å². The second kappa shape index (κ2) is 8.54. The maximum Gasteiger partial charge on any atom is 0.138 e. The summed E-state index contributed by atoms with van der Waals surface area (Å²) >= 11 is 0. The predicted molar refractivity (Wildman–Crippen MR) is 156 cm³/mol. The summed E-state index contributed by atoms with van der Waals surface area (Å²) in [5.74, 6) is 0.258. The Morgan fingerprint density at radius 3 is 2.63 bits per heavy atom. The minimum Gasteiger partial charge on any atom is -0.376 e. The number of aryl methyl sites for hydroxylation is 2. The minimum atomic E-state index is 0.0973. The number of aromatic nitrogens is 1.